The van der Waals surface area contributed by atoms with Crippen LogP contribution in [-0.4, -0.2) is 95.8 Å². The smallest absolute Gasteiger partial charge is 0.265 e. The van der Waals surface area contributed by atoms with Crippen LogP contribution in [0.15, 0.2) is 53.4 Å². The molecule has 50 heavy (non-hydrogen) atoms. The fourth-order valence-electron chi connectivity index (χ4n) is 8.23. The molecule has 2 fully saturated rings. The zero-order valence-electron chi connectivity index (χ0n) is 28.6. The van der Waals surface area contributed by atoms with Crippen molar-refractivity contribution in [1.29, 1.82) is 0 Å². The van der Waals surface area contributed by atoms with Crippen LogP contribution in [0, 0.1) is 11.8 Å². The number of carbonyl (C=O) groups excluding carboxylic acids is 1. The summed E-state index contributed by atoms with van der Waals surface area (Å²) in [6, 6.07) is 10.9. The molecule has 6 atom stereocenters. The molecule has 5 aliphatic rings. The second-order valence-corrected chi connectivity index (χ2v) is 17.2. The van der Waals surface area contributed by atoms with E-state index in [0.717, 1.165) is 32.1 Å². The molecule has 3 aliphatic heterocycles. The van der Waals surface area contributed by atoms with E-state index in [-0.39, 0.29) is 47.9 Å². The molecule has 1 amide bonds. The van der Waals surface area contributed by atoms with E-state index in [1.807, 2.05) is 18.2 Å². The van der Waals surface area contributed by atoms with Crippen molar-refractivity contribution in [1.82, 2.24) is 9.62 Å². The molecule has 1 saturated heterocycles. The largest absolute Gasteiger partial charge is 0.490 e. The predicted molar refractivity (Wildman–Crippen MR) is 187 cm³/mol. The molecular weight excluding hydrogens is 688 g/mol. The topological polar surface area (TPSA) is 97.4 Å². The number of nitrogens with zero attached hydrogens (tertiary/aromatic N) is 2. The summed E-state index contributed by atoms with van der Waals surface area (Å²) in [7, 11) is -4.24. The Kier molecular flexibility index (Phi) is 9.97. The summed E-state index contributed by atoms with van der Waals surface area (Å²) in [4.78, 5) is 17.2. The van der Waals surface area contributed by atoms with Crippen molar-refractivity contribution in [2.24, 2.45) is 11.8 Å². The third kappa shape index (κ3) is 7.15. The Morgan fingerprint density at radius 1 is 1.08 bits per heavy atom. The number of carbonyl (C=O) groups is 1. The third-order valence-corrected chi connectivity index (χ3v) is 12.9. The minimum atomic E-state index is -4.24. The van der Waals surface area contributed by atoms with Gasteiger partial charge in [0.2, 0.25) is 0 Å². The van der Waals surface area contributed by atoms with E-state index in [9.17, 15) is 22.0 Å². The van der Waals surface area contributed by atoms with Crippen LogP contribution in [0.5, 0.6) is 5.75 Å². The Labute approximate surface area is 298 Å². The lowest BCUT2D eigenvalue weighted by Gasteiger charge is -2.46. The van der Waals surface area contributed by atoms with Crippen LogP contribution in [-0.2, 0) is 36.1 Å². The van der Waals surface area contributed by atoms with Crippen molar-refractivity contribution in [3.05, 3.63) is 64.7 Å². The molecule has 2 aromatic carbocycles. The standard InChI is InChI=1S/C37H46ClF2N3O6S/c1-36(2)35(44)41-50(45,46)27-9-12-34-32(18-27)43(22-37(23-48-34)13-3-5-24-17-26(38)8-11-29(24)37)19-25-7-10-28(25)33(6-4-15-49-36)47-16-14-42-20-30(39)31(40)21-42/h4,6,8-9,11-12,17-18,25,28,30-31,33H,3,5,7,10,13-16,19-23H2,1-2H3,(H,41,44)/b6-4+/t25-,28+,30-,31+,33-,37-/m0/s1. The van der Waals surface area contributed by atoms with Crippen LogP contribution in [0.4, 0.5) is 14.5 Å². The molecule has 0 unspecified atom stereocenters. The summed E-state index contributed by atoms with van der Waals surface area (Å²) in [6.45, 7) is 5.65. The molecule has 272 valence electrons. The number of hydrogen-bond acceptors (Lipinski definition) is 8. The number of benzene rings is 2. The maximum absolute atomic E-state index is 13.9. The zero-order chi connectivity index (χ0) is 35.3. The van der Waals surface area contributed by atoms with Crippen molar-refractivity contribution in [3.8, 4) is 5.75 Å². The maximum Gasteiger partial charge on any atom is 0.265 e. The van der Waals surface area contributed by atoms with Crippen molar-refractivity contribution < 1.29 is 36.2 Å². The summed E-state index contributed by atoms with van der Waals surface area (Å²) in [6.07, 6.45) is 5.22. The van der Waals surface area contributed by atoms with Gasteiger partial charge in [-0.15, -0.1) is 0 Å². The average Bonchev–Trinajstić information content (AvgIpc) is 3.29. The van der Waals surface area contributed by atoms with Gasteiger partial charge in [-0.1, -0.05) is 29.8 Å². The highest BCUT2D eigenvalue weighted by atomic mass is 35.5. The first-order chi connectivity index (χ1) is 23.8. The number of rotatable bonds is 4. The summed E-state index contributed by atoms with van der Waals surface area (Å²) in [5.74, 6) is 0.157. The highest BCUT2D eigenvalue weighted by molar-refractivity contribution is 7.90. The normalized spacial score (nSPS) is 32.9. The van der Waals surface area contributed by atoms with Crippen LogP contribution in [0.2, 0.25) is 5.02 Å². The fraction of sp³-hybridized carbons (Fsp3) is 0.595. The Morgan fingerprint density at radius 3 is 2.64 bits per heavy atom. The van der Waals surface area contributed by atoms with E-state index in [1.54, 1.807) is 23.1 Å². The first-order valence-corrected chi connectivity index (χ1v) is 19.5. The number of amides is 1. The Bertz CT molecular complexity index is 1730. The number of nitrogens with one attached hydrogen (secondary N) is 1. The van der Waals surface area contributed by atoms with Gasteiger partial charge in [-0.3, -0.25) is 9.69 Å². The maximum atomic E-state index is 13.9. The highest BCUT2D eigenvalue weighted by Crippen LogP contribution is 2.47. The van der Waals surface area contributed by atoms with Gasteiger partial charge in [0.05, 0.1) is 36.5 Å². The molecule has 1 spiro atoms. The molecule has 0 aromatic heterocycles. The number of alkyl halides is 2. The molecule has 1 saturated carbocycles. The van der Waals surface area contributed by atoms with E-state index in [4.69, 9.17) is 25.8 Å². The second kappa shape index (κ2) is 14.0. The van der Waals surface area contributed by atoms with Crippen molar-refractivity contribution in [2.75, 3.05) is 57.4 Å². The van der Waals surface area contributed by atoms with Gasteiger partial charge < -0.3 is 19.1 Å². The van der Waals surface area contributed by atoms with Crippen LogP contribution < -0.4 is 14.4 Å². The average molecular weight is 734 g/mol. The number of ether oxygens (including phenoxy) is 3. The van der Waals surface area contributed by atoms with Gasteiger partial charge in [0.1, 0.15) is 23.7 Å². The first-order valence-electron chi connectivity index (χ1n) is 17.6. The quantitative estimate of drug-likeness (QED) is 0.419. The molecule has 2 aromatic rings. The number of halogens is 3. The second-order valence-electron chi connectivity index (χ2n) is 15.0. The minimum Gasteiger partial charge on any atom is -0.490 e. The minimum absolute atomic E-state index is 0.0351. The summed E-state index contributed by atoms with van der Waals surface area (Å²) < 4.78 is 76.1. The van der Waals surface area contributed by atoms with Gasteiger partial charge in [-0.2, -0.15) is 0 Å². The van der Waals surface area contributed by atoms with Crippen molar-refractivity contribution in [2.45, 2.75) is 80.3 Å². The predicted octanol–water partition coefficient (Wildman–Crippen LogP) is 5.39. The number of sulfonamides is 1. The number of aryl methyl sites for hydroxylation is 1. The summed E-state index contributed by atoms with van der Waals surface area (Å²) in [5, 5.41) is 0.698. The lowest BCUT2D eigenvalue weighted by Crippen LogP contribution is -2.50. The Hall–Kier alpha value is -2.77. The van der Waals surface area contributed by atoms with E-state index in [1.165, 1.54) is 31.0 Å². The van der Waals surface area contributed by atoms with Crippen LogP contribution in [0.25, 0.3) is 0 Å². The SMILES string of the molecule is CC1(C)OC/C=C/[C@H](OCCN2C[C@@H](F)[C@@H](F)C2)[C@@H]2CC[C@H]2CN2C[C@@]3(CCCc4cc(Cl)ccc43)COc3ccc(cc32)S(=O)(=O)NC1=O. The van der Waals surface area contributed by atoms with Gasteiger partial charge >= 0.3 is 0 Å². The molecule has 13 heteroatoms. The molecular formula is C37H46ClF2N3O6S. The third-order valence-electron chi connectivity index (χ3n) is 11.3. The van der Waals surface area contributed by atoms with E-state index in [2.05, 4.69) is 15.7 Å². The van der Waals surface area contributed by atoms with Crippen LogP contribution in [0.1, 0.15) is 50.7 Å². The van der Waals surface area contributed by atoms with Crippen LogP contribution >= 0.6 is 11.6 Å². The number of fused-ring (bicyclic) bond motifs is 4. The highest BCUT2D eigenvalue weighted by Gasteiger charge is 2.45. The van der Waals surface area contributed by atoms with E-state index >= 15 is 0 Å². The van der Waals surface area contributed by atoms with Gasteiger partial charge in [0.25, 0.3) is 15.9 Å². The van der Waals surface area contributed by atoms with Gasteiger partial charge in [-0.05, 0) is 99.2 Å². The van der Waals surface area contributed by atoms with E-state index < -0.39 is 33.9 Å². The molecule has 1 N–H and O–H groups in total. The van der Waals surface area contributed by atoms with Gasteiger partial charge in [0, 0.05) is 43.2 Å². The van der Waals surface area contributed by atoms with Crippen molar-refractivity contribution >= 4 is 33.2 Å². The monoisotopic (exact) mass is 733 g/mol. The Balaban J connectivity index is 1.23. The lowest BCUT2D eigenvalue weighted by molar-refractivity contribution is -0.139. The molecule has 9 nitrogen and oxygen atoms in total. The Morgan fingerprint density at radius 2 is 1.88 bits per heavy atom. The number of anilines is 1. The summed E-state index contributed by atoms with van der Waals surface area (Å²) >= 11 is 6.43. The first kappa shape index (κ1) is 35.6. The lowest BCUT2D eigenvalue weighted by atomic mass is 9.68. The fourth-order valence-corrected chi connectivity index (χ4v) is 9.55. The molecule has 2 bridgehead atoms. The molecule has 0 radical (unpaired) electrons. The molecule has 7 rings (SSSR count). The number of hydrogen-bond donors (Lipinski definition) is 1. The molecule has 3 heterocycles. The van der Waals surface area contributed by atoms with Crippen molar-refractivity contribution in [3.63, 3.8) is 0 Å². The number of likely N-dealkylation sites (tertiary alicyclic amines) is 1. The van der Waals surface area contributed by atoms with Gasteiger partial charge in [0.15, 0.2) is 0 Å². The van der Waals surface area contributed by atoms with Gasteiger partial charge in [-0.25, -0.2) is 21.9 Å². The molecule has 2 aliphatic carbocycles. The zero-order valence-corrected chi connectivity index (χ0v) is 30.2. The van der Waals surface area contributed by atoms with Crippen LogP contribution in [0.3, 0.4) is 0 Å². The van der Waals surface area contributed by atoms with E-state index in [0.29, 0.717) is 49.3 Å². The summed E-state index contributed by atoms with van der Waals surface area (Å²) in [5.41, 5.74) is 1.28.